The molecule has 7 nitrogen and oxygen atoms in total. The van der Waals surface area contributed by atoms with Crippen LogP contribution in [0.5, 0.6) is 0 Å². The third kappa shape index (κ3) is 6.78. The number of hydrogen-bond acceptors (Lipinski definition) is 5. The molecule has 2 N–H and O–H groups in total. The van der Waals surface area contributed by atoms with Crippen LogP contribution in [0.15, 0.2) is 0 Å². The molecule has 1 unspecified atom stereocenters. The second-order valence-electron chi connectivity index (χ2n) is 5.67. The molecule has 1 saturated carbocycles. The molecule has 0 heterocycles. The van der Waals surface area contributed by atoms with Crippen LogP contribution < -0.4 is 5.32 Å². The van der Waals surface area contributed by atoms with Gasteiger partial charge in [-0.25, -0.2) is 4.79 Å². The Morgan fingerprint density at radius 3 is 2.32 bits per heavy atom. The quantitative estimate of drug-likeness (QED) is 0.552. The van der Waals surface area contributed by atoms with E-state index in [1.807, 2.05) is 6.92 Å². The van der Waals surface area contributed by atoms with Gasteiger partial charge in [0.2, 0.25) is 6.29 Å². The lowest BCUT2D eigenvalue weighted by Gasteiger charge is -2.26. The molecule has 1 aliphatic rings. The lowest BCUT2D eigenvalue weighted by atomic mass is 9.82. The highest BCUT2D eigenvalue weighted by Crippen LogP contribution is 2.28. The number of carboxylic acid groups (broad SMARTS) is 1. The van der Waals surface area contributed by atoms with Gasteiger partial charge in [0.15, 0.2) is 0 Å². The number of carboxylic acids is 1. The Bertz CT molecular complexity index is 389. The molecule has 0 aromatic rings. The monoisotopic (exact) mass is 315 g/mol. The minimum absolute atomic E-state index is 0.263. The lowest BCUT2D eigenvalue weighted by Crippen LogP contribution is -2.35. The minimum Gasteiger partial charge on any atom is -0.481 e. The van der Waals surface area contributed by atoms with Crippen LogP contribution in [0.4, 0.5) is 4.79 Å². The van der Waals surface area contributed by atoms with Crippen LogP contribution in [0, 0.1) is 11.8 Å². The van der Waals surface area contributed by atoms with Gasteiger partial charge >= 0.3 is 18.0 Å². The molecule has 1 atom stereocenters. The Morgan fingerprint density at radius 2 is 1.82 bits per heavy atom. The standard InChI is InChI=1S/C15H25NO6/c1-3-4-13(21-10(2)17)22-15(20)16-9-11-5-7-12(8-6-11)14(18)19/h11-13H,3-9H2,1-2H3,(H,16,20)(H,18,19)/t11-,12-,13?. The number of nitrogens with one attached hydrogen (secondary N) is 1. The molecule has 0 spiro atoms. The first-order valence-electron chi connectivity index (χ1n) is 7.76. The average Bonchev–Trinajstić information content (AvgIpc) is 2.45. The first kappa shape index (κ1) is 18.3. The van der Waals surface area contributed by atoms with Crippen molar-refractivity contribution in [3.8, 4) is 0 Å². The number of aliphatic carboxylic acids is 1. The molecular formula is C15H25NO6. The van der Waals surface area contributed by atoms with E-state index in [1.54, 1.807) is 0 Å². The molecule has 1 fully saturated rings. The Morgan fingerprint density at radius 1 is 1.18 bits per heavy atom. The van der Waals surface area contributed by atoms with Crippen molar-refractivity contribution < 1.29 is 29.0 Å². The van der Waals surface area contributed by atoms with Gasteiger partial charge in [-0.1, -0.05) is 6.92 Å². The molecule has 0 radical (unpaired) electrons. The summed E-state index contributed by atoms with van der Waals surface area (Å²) in [4.78, 5) is 33.5. The third-order valence-corrected chi connectivity index (χ3v) is 3.79. The number of rotatable bonds is 7. The summed E-state index contributed by atoms with van der Waals surface area (Å²) in [7, 11) is 0. The van der Waals surface area contributed by atoms with Crippen LogP contribution in [0.1, 0.15) is 52.4 Å². The molecule has 1 amide bonds. The fraction of sp³-hybridized carbons (Fsp3) is 0.800. The smallest absolute Gasteiger partial charge is 0.410 e. The highest BCUT2D eigenvalue weighted by Gasteiger charge is 2.26. The van der Waals surface area contributed by atoms with Crippen molar-refractivity contribution in [1.82, 2.24) is 5.32 Å². The van der Waals surface area contributed by atoms with Gasteiger partial charge in [-0.05, 0) is 38.0 Å². The SMILES string of the molecule is CCCC(OC(C)=O)OC(=O)NC[C@H]1CC[C@H](C(=O)O)CC1. The number of esters is 1. The summed E-state index contributed by atoms with van der Waals surface area (Å²) in [6.07, 6.45) is 2.55. The zero-order valence-electron chi connectivity index (χ0n) is 13.2. The molecule has 126 valence electrons. The predicted octanol–water partition coefficient (Wildman–Crippen LogP) is 2.29. The number of carbonyl (C=O) groups excluding carboxylic acids is 2. The molecule has 0 saturated heterocycles. The fourth-order valence-electron chi connectivity index (χ4n) is 2.56. The van der Waals surface area contributed by atoms with Crippen molar-refractivity contribution in [2.45, 2.75) is 58.7 Å². The topological polar surface area (TPSA) is 102 Å². The molecule has 1 aliphatic carbocycles. The van der Waals surface area contributed by atoms with Gasteiger partial charge in [0.05, 0.1) is 5.92 Å². The van der Waals surface area contributed by atoms with Crippen molar-refractivity contribution in [3.05, 3.63) is 0 Å². The largest absolute Gasteiger partial charge is 0.481 e. The van der Waals surface area contributed by atoms with Crippen molar-refractivity contribution >= 4 is 18.0 Å². The van der Waals surface area contributed by atoms with Crippen LogP contribution in [0.25, 0.3) is 0 Å². The first-order chi connectivity index (χ1) is 10.4. The normalized spacial score (nSPS) is 22.5. The Hall–Kier alpha value is -1.79. The minimum atomic E-state index is -0.856. The fourth-order valence-corrected chi connectivity index (χ4v) is 2.56. The summed E-state index contributed by atoms with van der Waals surface area (Å²) in [5.41, 5.74) is 0. The summed E-state index contributed by atoms with van der Waals surface area (Å²) in [5.74, 6) is -1.23. The lowest BCUT2D eigenvalue weighted by molar-refractivity contribution is -0.166. The molecule has 1 rings (SSSR count). The highest BCUT2D eigenvalue weighted by molar-refractivity contribution is 5.70. The summed E-state index contributed by atoms with van der Waals surface area (Å²) in [5, 5.41) is 11.6. The van der Waals surface area contributed by atoms with Crippen LogP contribution in [-0.2, 0) is 19.1 Å². The molecule has 0 bridgehead atoms. The van der Waals surface area contributed by atoms with Crippen molar-refractivity contribution in [1.29, 1.82) is 0 Å². The molecular weight excluding hydrogens is 290 g/mol. The van der Waals surface area contributed by atoms with Crippen LogP contribution in [0.3, 0.4) is 0 Å². The third-order valence-electron chi connectivity index (χ3n) is 3.79. The molecule has 0 aromatic carbocycles. The van der Waals surface area contributed by atoms with Crippen LogP contribution in [0.2, 0.25) is 0 Å². The zero-order chi connectivity index (χ0) is 16.5. The number of hydrogen-bond donors (Lipinski definition) is 2. The maximum absolute atomic E-state index is 11.7. The molecule has 0 aromatic heterocycles. The molecule has 0 aliphatic heterocycles. The van der Waals surface area contributed by atoms with E-state index >= 15 is 0 Å². The molecule has 7 heteroatoms. The highest BCUT2D eigenvalue weighted by atomic mass is 16.7. The second kappa shape index (κ2) is 9.27. The van der Waals surface area contributed by atoms with E-state index < -0.39 is 24.3 Å². The Balaban J connectivity index is 2.27. The second-order valence-corrected chi connectivity index (χ2v) is 5.67. The van der Waals surface area contributed by atoms with Gasteiger partial charge in [-0.15, -0.1) is 0 Å². The Labute approximate surface area is 130 Å². The van der Waals surface area contributed by atoms with Gasteiger partial charge in [0, 0.05) is 19.9 Å². The van der Waals surface area contributed by atoms with Crippen LogP contribution in [-0.4, -0.2) is 36.0 Å². The zero-order valence-corrected chi connectivity index (χ0v) is 13.2. The van der Waals surface area contributed by atoms with E-state index in [9.17, 15) is 14.4 Å². The van der Waals surface area contributed by atoms with E-state index in [2.05, 4.69) is 5.32 Å². The maximum Gasteiger partial charge on any atom is 0.410 e. The number of amides is 1. The first-order valence-corrected chi connectivity index (χ1v) is 7.76. The van der Waals surface area contributed by atoms with E-state index in [1.165, 1.54) is 6.92 Å². The van der Waals surface area contributed by atoms with E-state index in [0.29, 0.717) is 25.8 Å². The van der Waals surface area contributed by atoms with Gasteiger partial charge in [-0.3, -0.25) is 9.59 Å². The summed E-state index contributed by atoms with van der Waals surface area (Å²) < 4.78 is 9.97. The average molecular weight is 315 g/mol. The van der Waals surface area contributed by atoms with Crippen molar-refractivity contribution in [3.63, 3.8) is 0 Å². The van der Waals surface area contributed by atoms with Crippen molar-refractivity contribution in [2.24, 2.45) is 11.8 Å². The summed E-state index contributed by atoms with van der Waals surface area (Å²) in [6.45, 7) is 3.62. The number of ether oxygens (including phenoxy) is 2. The number of alkyl carbamates (subject to hydrolysis) is 1. The summed E-state index contributed by atoms with van der Waals surface area (Å²) >= 11 is 0. The van der Waals surface area contributed by atoms with Gasteiger partial charge in [0.25, 0.3) is 0 Å². The van der Waals surface area contributed by atoms with E-state index in [0.717, 1.165) is 19.3 Å². The summed E-state index contributed by atoms with van der Waals surface area (Å²) in [6, 6.07) is 0. The molecule has 22 heavy (non-hydrogen) atoms. The van der Waals surface area contributed by atoms with Gasteiger partial charge < -0.3 is 19.9 Å². The predicted molar refractivity (Wildman–Crippen MR) is 78.0 cm³/mol. The van der Waals surface area contributed by atoms with Gasteiger partial charge in [-0.2, -0.15) is 0 Å². The van der Waals surface area contributed by atoms with Crippen molar-refractivity contribution in [2.75, 3.05) is 6.54 Å². The van der Waals surface area contributed by atoms with Gasteiger partial charge in [0.1, 0.15) is 0 Å². The van der Waals surface area contributed by atoms with E-state index in [-0.39, 0.29) is 11.8 Å². The maximum atomic E-state index is 11.7. The van der Waals surface area contributed by atoms with E-state index in [4.69, 9.17) is 14.6 Å². The Kier molecular flexibility index (Phi) is 7.70. The van der Waals surface area contributed by atoms with Crippen LogP contribution >= 0.6 is 0 Å². The number of carbonyl (C=O) groups is 3.